The molecule has 96 valence electrons. The monoisotopic (exact) mass is 252 g/mol. The Labute approximate surface area is 113 Å². The van der Waals surface area contributed by atoms with Crippen molar-refractivity contribution in [1.29, 1.82) is 5.26 Å². The summed E-state index contributed by atoms with van der Waals surface area (Å²) >= 11 is 0. The molecule has 0 unspecified atom stereocenters. The highest BCUT2D eigenvalue weighted by molar-refractivity contribution is 5.26. The summed E-state index contributed by atoms with van der Waals surface area (Å²) in [5.41, 5.74) is 1.88. The fraction of sp³-hybridized carbons (Fsp3) is 0.188. The van der Waals surface area contributed by atoms with Gasteiger partial charge in [-0.15, -0.1) is 0 Å². The quantitative estimate of drug-likeness (QED) is 0.860. The van der Waals surface area contributed by atoms with Crippen LogP contribution >= 0.6 is 0 Å². The smallest absolute Gasteiger partial charge is 0.121 e. The van der Waals surface area contributed by atoms with E-state index in [-0.39, 0.29) is 12.6 Å². The van der Waals surface area contributed by atoms with Crippen LogP contribution in [0.25, 0.3) is 0 Å². The van der Waals surface area contributed by atoms with Crippen molar-refractivity contribution in [2.24, 2.45) is 0 Å². The number of rotatable bonds is 5. The molecular weight excluding hydrogens is 236 g/mol. The van der Waals surface area contributed by atoms with Gasteiger partial charge in [-0.2, -0.15) is 5.26 Å². The first-order chi connectivity index (χ1) is 9.35. The third-order valence-electron chi connectivity index (χ3n) is 3.01. The molecule has 0 saturated carbocycles. The van der Waals surface area contributed by atoms with Crippen molar-refractivity contribution in [2.45, 2.75) is 12.1 Å². The Balaban J connectivity index is 2.16. The zero-order valence-corrected chi connectivity index (χ0v) is 10.5. The predicted octanol–water partition coefficient (Wildman–Crippen LogP) is 2.57. The molecule has 2 rings (SSSR count). The van der Waals surface area contributed by atoms with Gasteiger partial charge >= 0.3 is 0 Å². The largest absolute Gasteiger partial charge is 0.394 e. The minimum Gasteiger partial charge on any atom is -0.394 e. The first-order valence-corrected chi connectivity index (χ1v) is 6.21. The number of aliphatic hydroxyl groups is 1. The second-order valence-corrected chi connectivity index (χ2v) is 4.29. The van der Waals surface area contributed by atoms with Crippen molar-refractivity contribution in [3.05, 3.63) is 71.8 Å². The van der Waals surface area contributed by atoms with Crippen molar-refractivity contribution in [1.82, 2.24) is 5.32 Å². The second-order valence-electron chi connectivity index (χ2n) is 4.29. The molecule has 0 heterocycles. The molecule has 0 radical (unpaired) electrons. The minimum absolute atomic E-state index is 0.0466. The Bertz CT molecular complexity index is 534. The molecule has 2 aromatic rings. The molecule has 3 heteroatoms. The standard InChI is InChI=1S/C16H16N2O/c17-11-15(13-7-3-1-4-8-13)18-16(12-19)14-9-5-2-6-10-14/h1-10,15-16,18-19H,12H2/t15-,16+/m1/s1. The van der Waals surface area contributed by atoms with Gasteiger partial charge in [-0.1, -0.05) is 60.7 Å². The van der Waals surface area contributed by atoms with Crippen LogP contribution in [0.4, 0.5) is 0 Å². The Morgan fingerprint density at radius 3 is 1.95 bits per heavy atom. The van der Waals surface area contributed by atoms with Crippen molar-refractivity contribution >= 4 is 0 Å². The first kappa shape index (κ1) is 13.3. The van der Waals surface area contributed by atoms with Crippen LogP contribution in [0, 0.1) is 11.3 Å². The van der Waals surface area contributed by atoms with E-state index < -0.39 is 6.04 Å². The molecule has 2 N–H and O–H groups in total. The normalized spacial score (nSPS) is 13.5. The summed E-state index contributed by atoms with van der Waals surface area (Å²) < 4.78 is 0. The highest BCUT2D eigenvalue weighted by Crippen LogP contribution is 2.19. The van der Waals surface area contributed by atoms with Crippen LogP contribution in [-0.2, 0) is 0 Å². The van der Waals surface area contributed by atoms with E-state index in [9.17, 15) is 10.4 Å². The van der Waals surface area contributed by atoms with Gasteiger partial charge in [0.05, 0.1) is 18.7 Å². The predicted molar refractivity (Wildman–Crippen MR) is 74.2 cm³/mol. The highest BCUT2D eigenvalue weighted by Gasteiger charge is 2.17. The average molecular weight is 252 g/mol. The molecular formula is C16H16N2O. The molecule has 0 aliphatic heterocycles. The third kappa shape index (κ3) is 3.41. The molecule has 0 fully saturated rings. The fourth-order valence-corrected chi connectivity index (χ4v) is 1.99. The molecule has 2 atom stereocenters. The summed E-state index contributed by atoms with van der Waals surface area (Å²) in [7, 11) is 0. The molecule has 19 heavy (non-hydrogen) atoms. The van der Waals surface area contributed by atoms with Crippen LogP contribution in [0.15, 0.2) is 60.7 Å². The topological polar surface area (TPSA) is 56.0 Å². The fourth-order valence-electron chi connectivity index (χ4n) is 1.99. The van der Waals surface area contributed by atoms with Gasteiger partial charge in [0, 0.05) is 0 Å². The molecule has 0 aliphatic rings. The van der Waals surface area contributed by atoms with Crippen molar-refractivity contribution in [3.63, 3.8) is 0 Å². The summed E-state index contributed by atoms with van der Waals surface area (Å²) in [6, 6.07) is 20.7. The Kier molecular flexibility index (Phi) is 4.68. The third-order valence-corrected chi connectivity index (χ3v) is 3.01. The van der Waals surface area contributed by atoms with Crippen LogP contribution in [0.3, 0.4) is 0 Å². The SMILES string of the molecule is N#C[C@@H](N[C@@H](CO)c1ccccc1)c1ccccc1. The molecule has 0 spiro atoms. The van der Waals surface area contributed by atoms with Crippen molar-refractivity contribution in [2.75, 3.05) is 6.61 Å². The zero-order valence-electron chi connectivity index (χ0n) is 10.5. The van der Waals surface area contributed by atoms with Crippen LogP contribution in [0.2, 0.25) is 0 Å². The van der Waals surface area contributed by atoms with E-state index in [1.165, 1.54) is 0 Å². The Morgan fingerprint density at radius 2 is 1.47 bits per heavy atom. The Hall–Kier alpha value is -2.15. The van der Waals surface area contributed by atoms with E-state index in [4.69, 9.17) is 0 Å². The van der Waals surface area contributed by atoms with E-state index in [2.05, 4.69) is 11.4 Å². The van der Waals surface area contributed by atoms with Crippen molar-refractivity contribution < 1.29 is 5.11 Å². The summed E-state index contributed by atoms with van der Waals surface area (Å²) in [5.74, 6) is 0. The van der Waals surface area contributed by atoms with E-state index in [1.807, 2.05) is 60.7 Å². The van der Waals surface area contributed by atoms with Crippen LogP contribution in [0.1, 0.15) is 23.2 Å². The maximum absolute atomic E-state index is 9.50. The maximum Gasteiger partial charge on any atom is 0.121 e. The van der Waals surface area contributed by atoms with E-state index in [1.54, 1.807) is 0 Å². The molecule has 0 amide bonds. The lowest BCUT2D eigenvalue weighted by Gasteiger charge is -2.20. The highest BCUT2D eigenvalue weighted by atomic mass is 16.3. The average Bonchev–Trinajstić information content (AvgIpc) is 2.50. The number of hydrogen-bond acceptors (Lipinski definition) is 3. The van der Waals surface area contributed by atoms with Gasteiger partial charge in [0.2, 0.25) is 0 Å². The van der Waals surface area contributed by atoms with Gasteiger partial charge in [-0.3, -0.25) is 5.32 Å². The second kappa shape index (κ2) is 6.69. The number of hydrogen-bond donors (Lipinski definition) is 2. The Morgan fingerprint density at radius 1 is 0.947 bits per heavy atom. The first-order valence-electron chi connectivity index (χ1n) is 6.21. The lowest BCUT2D eigenvalue weighted by atomic mass is 10.0. The number of nitrogens with zero attached hydrogens (tertiary/aromatic N) is 1. The van der Waals surface area contributed by atoms with E-state index in [0.29, 0.717) is 0 Å². The van der Waals surface area contributed by atoms with Gasteiger partial charge in [0.15, 0.2) is 0 Å². The van der Waals surface area contributed by atoms with Crippen LogP contribution < -0.4 is 5.32 Å². The molecule has 3 nitrogen and oxygen atoms in total. The number of benzene rings is 2. The lowest BCUT2D eigenvalue weighted by Crippen LogP contribution is -2.28. The molecule has 2 aromatic carbocycles. The van der Waals surface area contributed by atoms with Gasteiger partial charge in [-0.05, 0) is 11.1 Å². The van der Waals surface area contributed by atoms with Gasteiger partial charge < -0.3 is 5.11 Å². The minimum atomic E-state index is -0.432. The summed E-state index contributed by atoms with van der Waals surface area (Å²) in [4.78, 5) is 0. The number of aliphatic hydroxyl groups excluding tert-OH is 1. The lowest BCUT2D eigenvalue weighted by molar-refractivity contribution is 0.239. The van der Waals surface area contributed by atoms with Gasteiger partial charge in [-0.25, -0.2) is 0 Å². The number of nitrogens with one attached hydrogen (secondary N) is 1. The van der Waals surface area contributed by atoms with E-state index >= 15 is 0 Å². The van der Waals surface area contributed by atoms with Gasteiger partial charge in [0.25, 0.3) is 0 Å². The van der Waals surface area contributed by atoms with Gasteiger partial charge in [0.1, 0.15) is 6.04 Å². The summed E-state index contributed by atoms with van der Waals surface area (Å²) in [5, 5.41) is 22.0. The van der Waals surface area contributed by atoms with Crippen molar-refractivity contribution in [3.8, 4) is 6.07 Å². The molecule has 0 aromatic heterocycles. The molecule has 0 bridgehead atoms. The van der Waals surface area contributed by atoms with Crippen LogP contribution in [0.5, 0.6) is 0 Å². The summed E-state index contributed by atoms with van der Waals surface area (Å²) in [6.45, 7) is -0.0466. The maximum atomic E-state index is 9.50. The van der Waals surface area contributed by atoms with E-state index in [0.717, 1.165) is 11.1 Å². The number of nitriles is 1. The van der Waals surface area contributed by atoms with Crippen LogP contribution in [-0.4, -0.2) is 11.7 Å². The molecule has 0 saturated heterocycles. The zero-order chi connectivity index (χ0) is 13.5. The summed E-state index contributed by atoms with van der Waals surface area (Å²) in [6.07, 6.45) is 0. The molecule has 0 aliphatic carbocycles.